The summed E-state index contributed by atoms with van der Waals surface area (Å²) < 4.78 is 38.7. The van der Waals surface area contributed by atoms with Gasteiger partial charge in [-0.15, -0.1) is 0 Å². The molecular weight excluding hydrogens is 357 g/mol. The third-order valence-corrected chi connectivity index (χ3v) is 4.52. The fourth-order valence-corrected chi connectivity index (χ4v) is 2.97. The first-order valence-electron chi connectivity index (χ1n) is 9.06. The third-order valence-electron chi connectivity index (χ3n) is 4.52. The van der Waals surface area contributed by atoms with E-state index in [2.05, 4.69) is 22.1 Å². The highest BCUT2D eigenvalue weighted by Gasteiger charge is 2.30. The molecule has 5 nitrogen and oxygen atoms in total. The lowest BCUT2D eigenvalue weighted by Gasteiger charge is -2.33. The average Bonchev–Trinajstić information content (AvgIpc) is 2.61. The van der Waals surface area contributed by atoms with Crippen LogP contribution in [0.4, 0.5) is 13.2 Å². The lowest BCUT2D eigenvalue weighted by atomic mass is 10.0. The Morgan fingerprint density at radius 2 is 2.11 bits per heavy atom. The van der Waals surface area contributed by atoms with Crippen LogP contribution in [0.3, 0.4) is 0 Å². The van der Waals surface area contributed by atoms with Crippen molar-refractivity contribution in [2.75, 3.05) is 33.7 Å². The van der Waals surface area contributed by atoms with E-state index in [1.54, 1.807) is 20.2 Å². The van der Waals surface area contributed by atoms with Crippen molar-refractivity contribution in [3.63, 3.8) is 0 Å². The Morgan fingerprint density at radius 1 is 1.37 bits per heavy atom. The van der Waals surface area contributed by atoms with Crippen LogP contribution in [0.5, 0.6) is 0 Å². The van der Waals surface area contributed by atoms with E-state index in [9.17, 15) is 18.0 Å². The normalized spacial score (nSPS) is 18.4. The zero-order chi connectivity index (χ0) is 20.0. The number of carbonyl (C=O) groups is 1. The van der Waals surface area contributed by atoms with Gasteiger partial charge in [0.15, 0.2) is 5.96 Å². The first-order valence-corrected chi connectivity index (χ1v) is 9.06. The molecule has 1 aromatic carbocycles. The van der Waals surface area contributed by atoms with E-state index in [1.165, 1.54) is 11.0 Å². The van der Waals surface area contributed by atoms with Crippen molar-refractivity contribution in [2.24, 2.45) is 10.9 Å². The van der Waals surface area contributed by atoms with Gasteiger partial charge in [-0.05, 0) is 36.5 Å². The molecule has 1 aromatic rings. The van der Waals surface area contributed by atoms with Gasteiger partial charge in [0.25, 0.3) is 0 Å². The van der Waals surface area contributed by atoms with Gasteiger partial charge in [-0.1, -0.05) is 19.1 Å². The number of hydrogen-bond donors (Lipinski definition) is 1. The van der Waals surface area contributed by atoms with Gasteiger partial charge in [0.2, 0.25) is 5.91 Å². The van der Waals surface area contributed by atoms with Crippen molar-refractivity contribution in [2.45, 2.75) is 32.5 Å². The molecule has 0 aliphatic carbocycles. The standard InChI is InChI=1S/C19H27F3N4O/c1-14-6-5-9-26(13-14)18(24-12-17(27)25(2)3)23-11-15-7-4-8-16(10-15)19(20,21)22/h4,7-8,10,14H,5-6,9,11-13H2,1-3H3,(H,23,24). The molecule has 1 N–H and O–H groups in total. The zero-order valence-electron chi connectivity index (χ0n) is 16.0. The third kappa shape index (κ3) is 6.45. The predicted octanol–water partition coefficient (Wildman–Crippen LogP) is 2.97. The maximum absolute atomic E-state index is 12.9. The van der Waals surface area contributed by atoms with E-state index in [0.717, 1.165) is 38.1 Å². The number of likely N-dealkylation sites (tertiary alicyclic amines) is 1. The Bertz CT molecular complexity index is 673. The maximum Gasteiger partial charge on any atom is 0.416 e. The van der Waals surface area contributed by atoms with Gasteiger partial charge in [0.1, 0.15) is 0 Å². The van der Waals surface area contributed by atoms with E-state index in [-0.39, 0.29) is 19.0 Å². The Hall–Kier alpha value is -2.25. The van der Waals surface area contributed by atoms with Crippen molar-refractivity contribution >= 4 is 11.9 Å². The van der Waals surface area contributed by atoms with Crippen LogP contribution in [0.1, 0.15) is 30.9 Å². The van der Waals surface area contributed by atoms with Crippen molar-refractivity contribution in [1.29, 1.82) is 0 Å². The molecule has 1 unspecified atom stereocenters. The molecule has 0 spiro atoms. The highest BCUT2D eigenvalue weighted by molar-refractivity contribution is 5.86. The molecule has 2 rings (SSSR count). The number of benzene rings is 1. The van der Waals surface area contributed by atoms with Crippen molar-refractivity contribution in [3.8, 4) is 0 Å². The van der Waals surface area contributed by atoms with Gasteiger partial charge in [0, 0.05) is 27.2 Å². The molecule has 1 aliphatic rings. The van der Waals surface area contributed by atoms with Gasteiger partial charge in [-0.2, -0.15) is 13.2 Å². The minimum atomic E-state index is -4.37. The number of alkyl halides is 3. The molecule has 1 atom stereocenters. The molecular formula is C19H27F3N4O. The average molecular weight is 384 g/mol. The number of likely N-dealkylation sites (N-methyl/N-ethyl adjacent to an activating group) is 1. The zero-order valence-corrected chi connectivity index (χ0v) is 16.0. The summed E-state index contributed by atoms with van der Waals surface area (Å²) >= 11 is 0. The van der Waals surface area contributed by atoms with Crippen LogP contribution < -0.4 is 5.32 Å². The number of nitrogens with zero attached hydrogens (tertiary/aromatic N) is 3. The largest absolute Gasteiger partial charge is 0.416 e. The summed E-state index contributed by atoms with van der Waals surface area (Å²) in [5, 5.41) is 3.07. The lowest BCUT2D eigenvalue weighted by molar-refractivity contribution is -0.137. The fraction of sp³-hybridized carbons (Fsp3) is 0.579. The molecule has 0 aromatic heterocycles. The monoisotopic (exact) mass is 384 g/mol. The fourth-order valence-electron chi connectivity index (χ4n) is 2.97. The highest BCUT2D eigenvalue weighted by atomic mass is 19.4. The van der Waals surface area contributed by atoms with E-state index in [0.29, 0.717) is 17.4 Å². The number of hydrogen-bond acceptors (Lipinski definition) is 2. The molecule has 0 radical (unpaired) electrons. The van der Waals surface area contributed by atoms with E-state index >= 15 is 0 Å². The Labute approximate surface area is 158 Å². The van der Waals surface area contributed by atoms with Crippen LogP contribution in [0, 0.1) is 5.92 Å². The van der Waals surface area contributed by atoms with Gasteiger partial charge in [-0.25, -0.2) is 4.99 Å². The Morgan fingerprint density at radius 3 is 2.74 bits per heavy atom. The van der Waals surface area contributed by atoms with Crippen LogP contribution in [0.2, 0.25) is 0 Å². The Balaban J connectivity index is 2.15. The molecule has 0 saturated carbocycles. The summed E-state index contributed by atoms with van der Waals surface area (Å²) in [6.45, 7) is 3.99. The smallest absolute Gasteiger partial charge is 0.347 e. The number of rotatable bonds is 4. The van der Waals surface area contributed by atoms with Crippen LogP contribution >= 0.6 is 0 Å². The summed E-state index contributed by atoms with van der Waals surface area (Å²) in [5.41, 5.74) is -0.202. The molecule has 1 saturated heterocycles. The predicted molar refractivity (Wildman–Crippen MR) is 99.3 cm³/mol. The second-order valence-electron chi connectivity index (χ2n) is 7.17. The number of nitrogens with one attached hydrogen (secondary N) is 1. The molecule has 1 fully saturated rings. The SMILES string of the molecule is CC1CCCN(C(=NCc2cccc(C(F)(F)F)c2)NCC(=O)N(C)C)C1. The number of aliphatic imine (C=N–C) groups is 1. The van der Waals surface area contributed by atoms with Crippen LogP contribution in [0.15, 0.2) is 29.3 Å². The lowest BCUT2D eigenvalue weighted by Crippen LogP contribution is -2.48. The van der Waals surface area contributed by atoms with Gasteiger partial charge >= 0.3 is 6.18 Å². The van der Waals surface area contributed by atoms with Gasteiger partial charge in [-0.3, -0.25) is 4.79 Å². The number of halogens is 3. The first kappa shape index (κ1) is 21.1. The summed E-state index contributed by atoms with van der Waals surface area (Å²) in [5.74, 6) is 0.977. The molecule has 1 heterocycles. The van der Waals surface area contributed by atoms with Crippen LogP contribution in [0.25, 0.3) is 0 Å². The molecule has 150 valence electrons. The van der Waals surface area contributed by atoms with E-state index in [1.807, 2.05) is 0 Å². The van der Waals surface area contributed by atoms with E-state index in [4.69, 9.17) is 0 Å². The summed E-state index contributed by atoms with van der Waals surface area (Å²) in [4.78, 5) is 19.9. The number of amides is 1. The Kier molecular flexibility index (Phi) is 7.10. The van der Waals surface area contributed by atoms with Gasteiger partial charge in [0.05, 0.1) is 18.7 Å². The molecule has 1 amide bonds. The van der Waals surface area contributed by atoms with Crippen LogP contribution in [-0.4, -0.2) is 55.4 Å². The second kappa shape index (κ2) is 9.10. The number of piperidine rings is 1. The molecule has 1 aliphatic heterocycles. The summed E-state index contributed by atoms with van der Waals surface area (Å²) in [6, 6.07) is 5.18. The summed E-state index contributed by atoms with van der Waals surface area (Å²) in [6.07, 6.45) is -2.22. The number of carbonyl (C=O) groups excluding carboxylic acids is 1. The van der Waals surface area contributed by atoms with Gasteiger partial charge < -0.3 is 15.1 Å². The summed E-state index contributed by atoms with van der Waals surface area (Å²) in [7, 11) is 3.35. The topological polar surface area (TPSA) is 47.9 Å². The van der Waals surface area contributed by atoms with Crippen LogP contribution in [-0.2, 0) is 17.5 Å². The maximum atomic E-state index is 12.9. The van der Waals surface area contributed by atoms with E-state index < -0.39 is 11.7 Å². The highest BCUT2D eigenvalue weighted by Crippen LogP contribution is 2.29. The molecule has 0 bridgehead atoms. The minimum absolute atomic E-state index is 0.0909. The molecule has 27 heavy (non-hydrogen) atoms. The second-order valence-corrected chi connectivity index (χ2v) is 7.17. The first-order chi connectivity index (χ1) is 12.7. The van der Waals surface area contributed by atoms with Crippen molar-refractivity contribution in [1.82, 2.24) is 15.1 Å². The quantitative estimate of drug-likeness (QED) is 0.641. The van der Waals surface area contributed by atoms with Crippen molar-refractivity contribution < 1.29 is 18.0 Å². The van der Waals surface area contributed by atoms with Crippen molar-refractivity contribution in [3.05, 3.63) is 35.4 Å². The minimum Gasteiger partial charge on any atom is -0.347 e. The number of guanidine groups is 1. The molecule has 8 heteroatoms.